The van der Waals surface area contributed by atoms with Crippen molar-refractivity contribution in [3.63, 3.8) is 0 Å². The van der Waals surface area contributed by atoms with E-state index >= 15 is 0 Å². The summed E-state index contributed by atoms with van der Waals surface area (Å²) < 4.78 is 5.44. The van der Waals surface area contributed by atoms with E-state index in [2.05, 4.69) is 15.5 Å². The molecule has 3 N–H and O–H groups in total. The summed E-state index contributed by atoms with van der Waals surface area (Å²) >= 11 is 0. The summed E-state index contributed by atoms with van der Waals surface area (Å²) in [5.74, 6) is -0.116. The minimum atomic E-state index is -0.526. The third-order valence-electron chi connectivity index (χ3n) is 3.62. The Morgan fingerprint density at radius 2 is 2.07 bits per heavy atom. The maximum absolute atomic E-state index is 12.0. The third kappa shape index (κ3) is 6.07. The van der Waals surface area contributed by atoms with E-state index in [0.29, 0.717) is 17.7 Å². The van der Waals surface area contributed by atoms with E-state index in [1.807, 2.05) is 6.92 Å². The summed E-state index contributed by atoms with van der Waals surface area (Å²) in [6.07, 6.45) is 4.77. The number of aromatic nitrogens is 1. The molecule has 9 nitrogen and oxygen atoms in total. The van der Waals surface area contributed by atoms with Gasteiger partial charge in [-0.05, 0) is 30.2 Å². The van der Waals surface area contributed by atoms with Crippen LogP contribution < -0.4 is 15.9 Å². The first-order valence-corrected chi connectivity index (χ1v) is 8.43. The molecule has 0 saturated carbocycles. The zero-order valence-corrected chi connectivity index (χ0v) is 14.9. The quantitative estimate of drug-likeness (QED) is 0.228. The molecule has 0 aliphatic rings. The Balaban J connectivity index is 2.02. The Hall–Kier alpha value is -3.49. The number of nitrogens with one attached hydrogen (secondary N) is 1. The van der Waals surface area contributed by atoms with E-state index in [4.69, 9.17) is 10.5 Å². The van der Waals surface area contributed by atoms with Gasteiger partial charge in [-0.15, -0.1) is 0 Å². The number of hydrogen-bond acceptors (Lipinski definition) is 6. The van der Waals surface area contributed by atoms with E-state index in [1.54, 1.807) is 30.6 Å². The highest BCUT2D eigenvalue weighted by Gasteiger charge is 2.17. The van der Waals surface area contributed by atoms with Crippen molar-refractivity contribution >= 4 is 17.4 Å². The lowest BCUT2D eigenvalue weighted by atomic mass is 10.1. The molecule has 2 rings (SSSR count). The van der Waals surface area contributed by atoms with Crippen LogP contribution in [0.1, 0.15) is 30.9 Å². The van der Waals surface area contributed by atoms with Crippen molar-refractivity contribution in [3.8, 4) is 5.75 Å². The SMILES string of the molecule is CCCCOc1ccc(CC(=O)N/N=C(\N)c2ccncc2)cc1[N+](=O)[O-]. The number of carbonyl (C=O) groups excluding carboxylic acids is 1. The fraction of sp³-hybridized carbons (Fsp3) is 0.278. The molecule has 1 aromatic heterocycles. The van der Waals surface area contributed by atoms with Crippen LogP contribution in [0.15, 0.2) is 47.8 Å². The number of hydrazone groups is 1. The third-order valence-corrected chi connectivity index (χ3v) is 3.62. The number of amides is 1. The van der Waals surface area contributed by atoms with Gasteiger partial charge in [0.2, 0.25) is 5.91 Å². The topological polar surface area (TPSA) is 133 Å². The first-order valence-electron chi connectivity index (χ1n) is 8.43. The molecule has 0 radical (unpaired) electrons. The minimum Gasteiger partial charge on any atom is -0.487 e. The molecule has 1 aromatic carbocycles. The van der Waals surface area contributed by atoms with Crippen LogP contribution >= 0.6 is 0 Å². The summed E-state index contributed by atoms with van der Waals surface area (Å²) in [5, 5.41) is 15.1. The summed E-state index contributed by atoms with van der Waals surface area (Å²) in [5.41, 5.74) is 9.04. The van der Waals surface area contributed by atoms with Crippen molar-refractivity contribution in [2.75, 3.05) is 6.61 Å². The lowest BCUT2D eigenvalue weighted by Gasteiger charge is -2.08. The highest BCUT2D eigenvalue weighted by Crippen LogP contribution is 2.28. The normalized spacial score (nSPS) is 11.1. The number of nitrogens with zero attached hydrogens (tertiary/aromatic N) is 3. The number of nitro benzene ring substituents is 1. The van der Waals surface area contributed by atoms with Crippen molar-refractivity contribution in [3.05, 3.63) is 64.0 Å². The highest BCUT2D eigenvalue weighted by atomic mass is 16.6. The van der Waals surface area contributed by atoms with Crippen LogP contribution in [-0.4, -0.2) is 28.3 Å². The summed E-state index contributed by atoms with van der Waals surface area (Å²) in [6.45, 7) is 2.41. The fourth-order valence-corrected chi connectivity index (χ4v) is 2.20. The summed E-state index contributed by atoms with van der Waals surface area (Å²) in [4.78, 5) is 26.6. The molecule has 0 bridgehead atoms. The van der Waals surface area contributed by atoms with Crippen LogP contribution in [0.5, 0.6) is 5.75 Å². The lowest BCUT2D eigenvalue weighted by Crippen LogP contribution is -2.25. The number of hydrogen-bond donors (Lipinski definition) is 2. The van der Waals surface area contributed by atoms with Crippen molar-refractivity contribution in [2.45, 2.75) is 26.2 Å². The zero-order chi connectivity index (χ0) is 19.6. The molecular formula is C18H21N5O4. The molecule has 0 aliphatic heterocycles. The van der Waals surface area contributed by atoms with Crippen LogP contribution in [0, 0.1) is 10.1 Å². The van der Waals surface area contributed by atoms with Crippen LogP contribution in [0.2, 0.25) is 0 Å². The summed E-state index contributed by atoms with van der Waals surface area (Å²) in [7, 11) is 0. The first kappa shape index (κ1) is 19.8. The van der Waals surface area contributed by atoms with E-state index in [9.17, 15) is 14.9 Å². The van der Waals surface area contributed by atoms with Gasteiger partial charge in [0, 0.05) is 24.0 Å². The largest absolute Gasteiger partial charge is 0.487 e. The average Bonchev–Trinajstić information content (AvgIpc) is 2.67. The van der Waals surface area contributed by atoms with Gasteiger partial charge in [0.1, 0.15) is 0 Å². The molecule has 0 saturated heterocycles. The molecule has 142 valence electrons. The van der Waals surface area contributed by atoms with Gasteiger partial charge in [0.15, 0.2) is 11.6 Å². The number of unbranched alkanes of at least 4 members (excludes halogenated alkanes) is 1. The number of nitro groups is 1. The van der Waals surface area contributed by atoms with E-state index in [1.165, 1.54) is 12.1 Å². The van der Waals surface area contributed by atoms with Crippen LogP contribution in [0.3, 0.4) is 0 Å². The minimum absolute atomic E-state index is 0.0802. The molecule has 0 unspecified atom stereocenters. The van der Waals surface area contributed by atoms with Crippen LogP contribution in [-0.2, 0) is 11.2 Å². The zero-order valence-electron chi connectivity index (χ0n) is 14.9. The van der Waals surface area contributed by atoms with Crippen molar-refractivity contribution in [2.24, 2.45) is 10.8 Å². The number of pyridine rings is 1. The standard InChI is InChI=1S/C18H21N5O4/c1-2-3-10-27-16-5-4-13(11-15(16)23(25)26)12-17(24)21-22-18(19)14-6-8-20-9-7-14/h4-9,11H,2-3,10,12H2,1H3,(H2,19,22)(H,21,24). The maximum atomic E-state index is 12.0. The lowest BCUT2D eigenvalue weighted by molar-refractivity contribution is -0.385. The maximum Gasteiger partial charge on any atom is 0.311 e. The van der Waals surface area contributed by atoms with E-state index in [-0.39, 0.29) is 23.7 Å². The van der Waals surface area contributed by atoms with Gasteiger partial charge in [-0.3, -0.25) is 19.9 Å². The molecule has 0 spiro atoms. The molecule has 27 heavy (non-hydrogen) atoms. The predicted molar refractivity (Wildman–Crippen MR) is 100 cm³/mol. The summed E-state index contributed by atoms with van der Waals surface area (Å²) in [6, 6.07) is 7.77. The van der Waals surface area contributed by atoms with Crippen molar-refractivity contribution in [1.29, 1.82) is 0 Å². The number of amidine groups is 1. The van der Waals surface area contributed by atoms with E-state index in [0.717, 1.165) is 12.8 Å². The smallest absolute Gasteiger partial charge is 0.311 e. The number of carbonyl (C=O) groups is 1. The van der Waals surface area contributed by atoms with Gasteiger partial charge in [-0.2, -0.15) is 5.10 Å². The fourth-order valence-electron chi connectivity index (χ4n) is 2.20. The Morgan fingerprint density at radius 3 is 2.74 bits per heavy atom. The average molecular weight is 371 g/mol. The second-order valence-corrected chi connectivity index (χ2v) is 5.71. The van der Waals surface area contributed by atoms with Gasteiger partial charge < -0.3 is 10.5 Å². The van der Waals surface area contributed by atoms with Gasteiger partial charge in [0.05, 0.1) is 18.0 Å². The van der Waals surface area contributed by atoms with Crippen LogP contribution in [0.4, 0.5) is 5.69 Å². The van der Waals surface area contributed by atoms with Crippen LogP contribution in [0.25, 0.3) is 0 Å². The molecule has 1 amide bonds. The Labute approximate surface area is 156 Å². The molecular weight excluding hydrogens is 350 g/mol. The van der Waals surface area contributed by atoms with Crippen molar-refractivity contribution < 1.29 is 14.5 Å². The molecule has 0 fully saturated rings. The molecule has 0 atom stereocenters. The number of rotatable bonds is 9. The first-order chi connectivity index (χ1) is 13.0. The van der Waals surface area contributed by atoms with Gasteiger partial charge in [-0.1, -0.05) is 19.4 Å². The van der Waals surface area contributed by atoms with Gasteiger partial charge >= 0.3 is 5.69 Å². The van der Waals surface area contributed by atoms with Gasteiger partial charge in [0.25, 0.3) is 0 Å². The molecule has 2 aromatic rings. The monoisotopic (exact) mass is 371 g/mol. The number of benzene rings is 1. The van der Waals surface area contributed by atoms with Gasteiger partial charge in [-0.25, -0.2) is 5.43 Å². The van der Waals surface area contributed by atoms with E-state index < -0.39 is 10.8 Å². The Kier molecular flexibility index (Phi) is 7.24. The Morgan fingerprint density at radius 1 is 1.33 bits per heavy atom. The van der Waals surface area contributed by atoms with Crippen molar-refractivity contribution in [1.82, 2.24) is 10.4 Å². The highest BCUT2D eigenvalue weighted by molar-refractivity contribution is 5.97. The molecule has 9 heteroatoms. The molecule has 1 heterocycles. The number of ether oxygens (including phenoxy) is 1. The second kappa shape index (κ2) is 9.85. The predicted octanol–water partition coefficient (Wildman–Crippen LogP) is 2.15. The number of nitrogens with two attached hydrogens (primary N) is 1. The molecule has 0 aliphatic carbocycles. The Bertz CT molecular complexity index is 824. The second-order valence-electron chi connectivity index (χ2n) is 5.71.